The lowest BCUT2D eigenvalue weighted by Crippen LogP contribution is -2.32. The van der Waals surface area contributed by atoms with Gasteiger partial charge in [-0.1, -0.05) is 13.8 Å². The molecule has 1 aromatic rings. The monoisotopic (exact) mass is 288 g/mol. The highest BCUT2D eigenvalue weighted by Gasteiger charge is 2.26. The van der Waals surface area contributed by atoms with Gasteiger partial charge in [-0.25, -0.2) is 0 Å². The number of amides is 1. The Bertz CT molecular complexity index is 508. The molecule has 1 heterocycles. The fourth-order valence-corrected chi connectivity index (χ4v) is 2.99. The van der Waals surface area contributed by atoms with Crippen LogP contribution in [-0.2, 0) is 0 Å². The number of nitrogens with zero attached hydrogens (tertiary/aromatic N) is 1. The molecule has 116 valence electrons. The predicted octanol–water partition coefficient (Wildman–Crippen LogP) is 4.08. The van der Waals surface area contributed by atoms with Gasteiger partial charge in [-0.15, -0.1) is 0 Å². The van der Waals surface area contributed by atoms with Crippen molar-refractivity contribution in [2.24, 2.45) is 5.41 Å². The van der Waals surface area contributed by atoms with Crippen LogP contribution in [0.1, 0.15) is 56.0 Å². The van der Waals surface area contributed by atoms with Crippen LogP contribution < -0.4 is 5.32 Å². The summed E-state index contributed by atoms with van der Waals surface area (Å²) < 4.78 is 0. The second-order valence-corrected chi connectivity index (χ2v) is 6.87. The number of carbonyl (C=O) groups excluding carboxylic acids is 1. The third kappa shape index (κ3) is 3.99. The maximum absolute atomic E-state index is 12.7. The standard InChI is InChI=1S/C18H28N2O/c1-5-19-16-8-7-15(13-14(16)2)17(21)20-11-6-9-18(3,4)10-12-20/h7-8,13,19H,5-6,9-12H2,1-4H3. The molecule has 0 aliphatic carbocycles. The van der Waals surface area contributed by atoms with Crippen LogP contribution in [0.2, 0.25) is 0 Å². The first-order valence-electron chi connectivity index (χ1n) is 8.07. The lowest BCUT2D eigenvalue weighted by Gasteiger charge is -2.23. The molecule has 2 rings (SSSR count). The minimum absolute atomic E-state index is 0.179. The number of benzene rings is 1. The summed E-state index contributed by atoms with van der Waals surface area (Å²) >= 11 is 0. The summed E-state index contributed by atoms with van der Waals surface area (Å²) in [6.45, 7) is 11.4. The number of rotatable bonds is 3. The summed E-state index contributed by atoms with van der Waals surface area (Å²) in [6, 6.07) is 5.98. The number of hydrogen-bond donors (Lipinski definition) is 1. The third-order valence-electron chi connectivity index (χ3n) is 4.47. The van der Waals surface area contributed by atoms with Crippen LogP contribution in [0.3, 0.4) is 0 Å². The molecule has 0 aromatic heterocycles. The summed E-state index contributed by atoms with van der Waals surface area (Å²) in [5.41, 5.74) is 3.43. The zero-order valence-electron chi connectivity index (χ0n) is 13.8. The van der Waals surface area contributed by atoms with Gasteiger partial charge < -0.3 is 10.2 Å². The second-order valence-electron chi connectivity index (χ2n) is 6.87. The minimum Gasteiger partial charge on any atom is -0.385 e. The van der Waals surface area contributed by atoms with Gasteiger partial charge in [0.1, 0.15) is 0 Å². The molecule has 1 aliphatic rings. The van der Waals surface area contributed by atoms with Gasteiger partial charge in [-0.05, 0) is 62.3 Å². The van der Waals surface area contributed by atoms with Crippen LogP contribution in [0.5, 0.6) is 0 Å². The van der Waals surface area contributed by atoms with Gasteiger partial charge in [0, 0.05) is 30.9 Å². The van der Waals surface area contributed by atoms with E-state index in [9.17, 15) is 4.79 Å². The van der Waals surface area contributed by atoms with Crippen molar-refractivity contribution in [2.75, 3.05) is 25.0 Å². The van der Waals surface area contributed by atoms with Crippen molar-refractivity contribution in [3.63, 3.8) is 0 Å². The Morgan fingerprint density at radius 3 is 2.71 bits per heavy atom. The van der Waals surface area contributed by atoms with E-state index in [2.05, 4.69) is 33.0 Å². The Hall–Kier alpha value is -1.51. The highest BCUT2D eigenvalue weighted by molar-refractivity contribution is 5.95. The van der Waals surface area contributed by atoms with E-state index >= 15 is 0 Å². The average molecular weight is 288 g/mol. The van der Waals surface area contributed by atoms with Crippen LogP contribution in [0.15, 0.2) is 18.2 Å². The Labute approximate surface area is 128 Å². The molecular formula is C18H28N2O. The largest absolute Gasteiger partial charge is 0.385 e. The van der Waals surface area contributed by atoms with Crippen molar-refractivity contribution < 1.29 is 4.79 Å². The first-order valence-corrected chi connectivity index (χ1v) is 8.07. The molecule has 3 nitrogen and oxygen atoms in total. The van der Waals surface area contributed by atoms with Crippen molar-refractivity contribution in [3.05, 3.63) is 29.3 Å². The van der Waals surface area contributed by atoms with Crippen LogP contribution in [-0.4, -0.2) is 30.4 Å². The van der Waals surface area contributed by atoms with Crippen molar-refractivity contribution in [1.29, 1.82) is 0 Å². The molecule has 0 saturated carbocycles. The molecule has 0 bridgehead atoms. The molecule has 1 aromatic carbocycles. The van der Waals surface area contributed by atoms with E-state index in [0.717, 1.165) is 49.3 Å². The second kappa shape index (κ2) is 6.50. The average Bonchev–Trinajstić information content (AvgIpc) is 2.61. The number of likely N-dealkylation sites (tertiary alicyclic amines) is 1. The lowest BCUT2D eigenvalue weighted by molar-refractivity contribution is 0.0757. The van der Waals surface area contributed by atoms with Gasteiger partial charge in [0.25, 0.3) is 5.91 Å². The van der Waals surface area contributed by atoms with Crippen LogP contribution in [0.4, 0.5) is 5.69 Å². The summed E-state index contributed by atoms with van der Waals surface area (Å²) in [6.07, 6.45) is 3.40. The van der Waals surface area contributed by atoms with E-state index in [0.29, 0.717) is 5.41 Å². The first kappa shape index (κ1) is 15.9. The molecule has 0 unspecified atom stereocenters. The maximum Gasteiger partial charge on any atom is 0.253 e. The molecule has 3 heteroatoms. The van der Waals surface area contributed by atoms with Crippen molar-refractivity contribution >= 4 is 11.6 Å². The Balaban J connectivity index is 2.11. The van der Waals surface area contributed by atoms with E-state index in [-0.39, 0.29) is 5.91 Å². The number of anilines is 1. The van der Waals surface area contributed by atoms with E-state index < -0.39 is 0 Å². The van der Waals surface area contributed by atoms with E-state index in [1.807, 2.05) is 23.1 Å². The van der Waals surface area contributed by atoms with Crippen LogP contribution >= 0.6 is 0 Å². The SMILES string of the molecule is CCNc1ccc(C(=O)N2CCCC(C)(C)CC2)cc1C. The molecule has 21 heavy (non-hydrogen) atoms. The molecule has 1 aliphatic heterocycles. The highest BCUT2D eigenvalue weighted by atomic mass is 16.2. The number of nitrogens with one attached hydrogen (secondary N) is 1. The topological polar surface area (TPSA) is 32.3 Å². The van der Waals surface area contributed by atoms with E-state index in [1.165, 1.54) is 6.42 Å². The van der Waals surface area contributed by atoms with Gasteiger partial charge in [-0.3, -0.25) is 4.79 Å². The van der Waals surface area contributed by atoms with Crippen molar-refractivity contribution in [1.82, 2.24) is 4.90 Å². The normalized spacial score (nSPS) is 18.2. The fourth-order valence-electron chi connectivity index (χ4n) is 2.99. The van der Waals surface area contributed by atoms with Crippen LogP contribution in [0, 0.1) is 12.3 Å². The maximum atomic E-state index is 12.7. The van der Waals surface area contributed by atoms with Gasteiger partial charge >= 0.3 is 0 Å². The zero-order valence-corrected chi connectivity index (χ0v) is 13.8. The van der Waals surface area contributed by atoms with Crippen molar-refractivity contribution in [2.45, 2.75) is 47.0 Å². The number of carbonyl (C=O) groups is 1. The summed E-state index contributed by atoms with van der Waals surface area (Å²) in [7, 11) is 0. The molecular weight excluding hydrogens is 260 g/mol. The van der Waals surface area contributed by atoms with Gasteiger partial charge in [-0.2, -0.15) is 0 Å². The lowest BCUT2D eigenvalue weighted by atomic mass is 9.85. The van der Waals surface area contributed by atoms with Crippen molar-refractivity contribution in [3.8, 4) is 0 Å². The molecule has 1 N–H and O–H groups in total. The fraction of sp³-hybridized carbons (Fsp3) is 0.611. The minimum atomic E-state index is 0.179. The number of hydrogen-bond acceptors (Lipinski definition) is 2. The predicted molar refractivity (Wildman–Crippen MR) is 88.9 cm³/mol. The molecule has 0 atom stereocenters. The van der Waals surface area contributed by atoms with Crippen LogP contribution in [0.25, 0.3) is 0 Å². The Kier molecular flexibility index (Phi) is 4.92. The van der Waals surface area contributed by atoms with Gasteiger partial charge in [0.2, 0.25) is 0 Å². The molecule has 0 spiro atoms. The number of aryl methyl sites for hydroxylation is 1. The highest BCUT2D eigenvalue weighted by Crippen LogP contribution is 2.30. The zero-order chi connectivity index (χ0) is 15.5. The van der Waals surface area contributed by atoms with E-state index in [4.69, 9.17) is 0 Å². The summed E-state index contributed by atoms with van der Waals surface area (Å²) in [5, 5.41) is 3.32. The summed E-state index contributed by atoms with van der Waals surface area (Å²) in [5.74, 6) is 0.179. The quantitative estimate of drug-likeness (QED) is 0.909. The third-order valence-corrected chi connectivity index (χ3v) is 4.47. The molecule has 0 radical (unpaired) electrons. The Morgan fingerprint density at radius 1 is 1.29 bits per heavy atom. The molecule has 1 saturated heterocycles. The Morgan fingerprint density at radius 2 is 2.05 bits per heavy atom. The van der Waals surface area contributed by atoms with E-state index in [1.54, 1.807) is 0 Å². The first-order chi connectivity index (χ1) is 9.93. The van der Waals surface area contributed by atoms with Gasteiger partial charge in [0.15, 0.2) is 0 Å². The molecule has 1 fully saturated rings. The smallest absolute Gasteiger partial charge is 0.253 e. The summed E-state index contributed by atoms with van der Waals surface area (Å²) in [4.78, 5) is 14.7. The van der Waals surface area contributed by atoms with Gasteiger partial charge in [0.05, 0.1) is 0 Å². The molecule has 1 amide bonds.